The number of rotatable bonds is 4. The molecule has 0 aliphatic carbocycles. The van der Waals surface area contributed by atoms with Crippen molar-refractivity contribution in [1.29, 1.82) is 0 Å². The summed E-state index contributed by atoms with van der Waals surface area (Å²) in [5.41, 5.74) is 0. The summed E-state index contributed by atoms with van der Waals surface area (Å²) >= 11 is 0. The van der Waals surface area contributed by atoms with Crippen molar-refractivity contribution in [2.24, 2.45) is 0 Å². The molecule has 0 saturated heterocycles. The van der Waals surface area contributed by atoms with Crippen LogP contribution < -0.4 is 0 Å². The van der Waals surface area contributed by atoms with Crippen molar-refractivity contribution < 1.29 is 31.8 Å². The standard InChI is InChI=1S/C6H14N2O2.4H2O/c1-7(2)8(3)5-4-6(9)10;;;;/h4-5H2,1-3H3,(H,9,10);4*1H2. The Morgan fingerprint density at radius 1 is 1.07 bits per heavy atom. The molecule has 0 radical (unpaired) electrons. The van der Waals surface area contributed by atoms with Crippen LogP contribution in [-0.2, 0) is 4.79 Å². The molecule has 8 heteroatoms. The fourth-order valence-electron chi connectivity index (χ4n) is 0.457. The average Bonchev–Trinajstić information content (AvgIpc) is 1.82. The molecule has 9 N–H and O–H groups in total. The van der Waals surface area contributed by atoms with Crippen LogP contribution in [-0.4, -0.2) is 70.7 Å². The molecule has 0 rings (SSSR count). The second-order valence-electron chi connectivity index (χ2n) is 2.37. The van der Waals surface area contributed by atoms with Crippen molar-refractivity contribution in [2.45, 2.75) is 6.42 Å². The maximum Gasteiger partial charge on any atom is 0.304 e. The van der Waals surface area contributed by atoms with Crippen molar-refractivity contribution in [2.75, 3.05) is 27.7 Å². The van der Waals surface area contributed by atoms with E-state index in [-0.39, 0.29) is 28.3 Å². The van der Waals surface area contributed by atoms with E-state index in [4.69, 9.17) is 5.11 Å². The molecule has 0 unspecified atom stereocenters. The van der Waals surface area contributed by atoms with Crippen LogP contribution >= 0.6 is 0 Å². The van der Waals surface area contributed by atoms with Gasteiger partial charge in [0.15, 0.2) is 0 Å². The Morgan fingerprint density at radius 2 is 1.43 bits per heavy atom. The molecule has 0 fully saturated rings. The minimum atomic E-state index is -0.756. The first-order chi connectivity index (χ1) is 4.54. The number of nitrogens with zero attached hydrogens (tertiary/aromatic N) is 2. The van der Waals surface area contributed by atoms with Gasteiger partial charge in [-0.05, 0) is 0 Å². The molecule has 0 aromatic rings. The van der Waals surface area contributed by atoms with E-state index in [0.717, 1.165) is 0 Å². The Labute approximate surface area is 82.9 Å². The zero-order chi connectivity index (χ0) is 8.15. The van der Waals surface area contributed by atoms with Crippen LogP contribution in [0.2, 0.25) is 0 Å². The number of carboxylic acid groups (broad SMARTS) is 1. The van der Waals surface area contributed by atoms with E-state index in [2.05, 4.69) is 0 Å². The fourth-order valence-corrected chi connectivity index (χ4v) is 0.457. The minimum absolute atomic E-state index is 0. The quantitative estimate of drug-likeness (QED) is 0.484. The van der Waals surface area contributed by atoms with Crippen LogP contribution in [0.3, 0.4) is 0 Å². The summed E-state index contributed by atoms with van der Waals surface area (Å²) < 4.78 is 0. The molecule has 0 heterocycles. The Kier molecular flexibility index (Phi) is 30.8. The predicted molar refractivity (Wildman–Crippen MR) is 53.0 cm³/mol. The van der Waals surface area contributed by atoms with Gasteiger partial charge in [-0.25, -0.2) is 10.0 Å². The molecule has 0 saturated carbocycles. The molecule has 0 bridgehead atoms. The minimum Gasteiger partial charge on any atom is -0.481 e. The van der Waals surface area contributed by atoms with Crippen LogP contribution in [0, 0.1) is 0 Å². The van der Waals surface area contributed by atoms with Crippen LogP contribution in [0.25, 0.3) is 0 Å². The molecule has 0 aromatic heterocycles. The average molecular weight is 218 g/mol. The van der Waals surface area contributed by atoms with Gasteiger partial charge < -0.3 is 27.0 Å². The summed E-state index contributed by atoms with van der Waals surface area (Å²) in [6, 6.07) is 0. The Morgan fingerprint density at radius 3 is 1.64 bits per heavy atom. The van der Waals surface area contributed by atoms with E-state index in [1.165, 1.54) is 0 Å². The van der Waals surface area contributed by atoms with Crippen molar-refractivity contribution in [3.05, 3.63) is 0 Å². The van der Waals surface area contributed by atoms with Gasteiger partial charge in [0.05, 0.1) is 6.42 Å². The van der Waals surface area contributed by atoms with Crippen LogP contribution in [0.1, 0.15) is 6.42 Å². The maximum absolute atomic E-state index is 10.1. The Bertz CT molecular complexity index is 121. The lowest BCUT2D eigenvalue weighted by atomic mass is 10.4. The number of hydrogen-bond donors (Lipinski definition) is 1. The third-order valence-electron chi connectivity index (χ3n) is 1.33. The molecule has 0 aliphatic rings. The summed E-state index contributed by atoms with van der Waals surface area (Å²) in [7, 11) is 5.60. The van der Waals surface area contributed by atoms with Gasteiger partial charge in [0.1, 0.15) is 0 Å². The lowest BCUT2D eigenvalue weighted by molar-refractivity contribution is -0.138. The highest BCUT2D eigenvalue weighted by Gasteiger charge is 2.02. The van der Waals surface area contributed by atoms with Gasteiger partial charge in [-0.15, -0.1) is 0 Å². The molecule has 92 valence electrons. The summed E-state index contributed by atoms with van der Waals surface area (Å²) in [5.74, 6) is -0.756. The highest BCUT2D eigenvalue weighted by Crippen LogP contribution is 1.88. The SMILES string of the molecule is CN(C)N(C)CCC(=O)O.O.O.O.O. The van der Waals surface area contributed by atoms with Gasteiger partial charge in [0.2, 0.25) is 0 Å². The monoisotopic (exact) mass is 218 g/mol. The molecular formula is C6H22N2O6. The first-order valence-corrected chi connectivity index (χ1v) is 3.14. The van der Waals surface area contributed by atoms with Crippen molar-refractivity contribution in [3.63, 3.8) is 0 Å². The lowest BCUT2D eigenvalue weighted by Gasteiger charge is -2.22. The number of carboxylic acids is 1. The van der Waals surface area contributed by atoms with E-state index >= 15 is 0 Å². The maximum atomic E-state index is 10.1. The second-order valence-corrected chi connectivity index (χ2v) is 2.37. The van der Waals surface area contributed by atoms with Gasteiger partial charge >= 0.3 is 5.97 Å². The summed E-state index contributed by atoms with van der Waals surface area (Å²) in [6.07, 6.45) is 0.189. The summed E-state index contributed by atoms with van der Waals surface area (Å²) in [4.78, 5) is 10.1. The molecule has 8 nitrogen and oxygen atoms in total. The van der Waals surface area contributed by atoms with E-state index < -0.39 is 5.97 Å². The van der Waals surface area contributed by atoms with Gasteiger partial charge in [-0.1, -0.05) is 0 Å². The highest BCUT2D eigenvalue weighted by molar-refractivity contribution is 5.66. The second kappa shape index (κ2) is 14.7. The summed E-state index contributed by atoms with van der Waals surface area (Å²) in [5, 5.41) is 12.0. The normalized spacial score (nSPS) is 7.79. The third-order valence-corrected chi connectivity index (χ3v) is 1.33. The zero-order valence-corrected chi connectivity index (χ0v) is 8.66. The molecule has 14 heavy (non-hydrogen) atoms. The molecular weight excluding hydrogens is 196 g/mol. The van der Waals surface area contributed by atoms with E-state index in [1.807, 2.05) is 31.2 Å². The fraction of sp³-hybridized carbons (Fsp3) is 0.833. The lowest BCUT2D eigenvalue weighted by Crippen LogP contribution is -2.34. The molecule has 0 spiro atoms. The summed E-state index contributed by atoms with van der Waals surface area (Å²) in [6.45, 7) is 0.558. The van der Waals surface area contributed by atoms with Crippen LogP contribution in [0.15, 0.2) is 0 Å². The van der Waals surface area contributed by atoms with Crippen molar-refractivity contribution in [3.8, 4) is 0 Å². The number of aliphatic carboxylic acids is 1. The van der Waals surface area contributed by atoms with Gasteiger partial charge in [0, 0.05) is 27.7 Å². The van der Waals surface area contributed by atoms with Gasteiger partial charge in [-0.2, -0.15) is 0 Å². The smallest absolute Gasteiger partial charge is 0.304 e. The predicted octanol–water partition coefficient (Wildman–Crippen LogP) is -3.43. The Hall–Kier alpha value is -0.770. The first kappa shape index (κ1) is 29.2. The zero-order valence-electron chi connectivity index (χ0n) is 8.66. The van der Waals surface area contributed by atoms with Crippen LogP contribution in [0.5, 0.6) is 0 Å². The highest BCUT2D eigenvalue weighted by atomic mass is 16.4. The molecule has 0 amide bonds. The number of hydrazine groups is 1. The van der Waals surface area contributed by atoms with Crippen LogP contribution in [0.4, 0.5) is 0 Å². The number of carbonyl (C=O) groups is 1. The number of hydrogen-bond acceptors (Lipinski definition) is 3. The first-order valence-electron chi connectivity index (χ1n) is 3.14. The molecule has 0 aliphatic heterocycles. The van der Waals surface area contributed by atoms with E-state index in [0.29, 0.717) is 6.54 Å². The third kappa shape index (κ3) is 17.4. The van der Waals surface area contributed by atoms with E-state index in [9.17, 15) is 4.79 Å². The van der Waals surface area contributed by atoms with Crippen molar-refractivity contribution in [1.82, 2.24) is 10.0 Å². The largest absolute Gasteiger partial charge is 0.481 e. The molecule has 0 atom stereocenters. The molecule has 0 aromatic carbocycles. The van der Waals surface area contributed by atoms with E-state index in [1.54, 1.807) is 0 Å². The topological polar surface area (TPSA) is 170 Å². The van der Waals surface area contributed by atoms with Gasteiger partial charge in [-0.3, -0.25) is 4.79 Å². The van der Waals surface area contributed by atoms with Gasteiger partial charge in [0.25, 0.3) is 0 Å². The Balaban J connectivity index is -0.0000000675. The van der Waals surface area contributed by atoms with Crippen molar-refractivity contribution >= 4 is 5.97 Å².